The fraction of sp³-hybridized carbons (Fsp3) is 0.294. The number of carboxylic acids is 1. The highest BCUT2D eigenvalue weighted by Gasteiger charge is 2.31. The number of hydrogen-bond acceptors (Lipinski definition) is 5. The Bertz CT molecular complexity index is 924. The van der Waals surface area contributed by atoms with E-state index in [1.54, 1.807) is 17.9 Å². The molecule has 1 aromatic heterocycles. The molecule has 0 aliphatic carbocycles. The molecule has 9 heteroatoms. The van der Waals surface area contributed by atoms with Gasteiger partial charge in [-0.25, -0.2) is 13.2 Å². The van der Waals surface area contributed by atoms with Crippen molar-refractivity contribution in [2.75, 3.05) is 26.2 Å². The first kappa shape index (κ1) is 18.2. The molecule has 3 rings (SSSR count). The molecule has 1 N–H and O–H groups in total. The minimum absolute atomic E-state index is 0.0230. The number of carbonyl (C=O) groups is 2. The lowest BCUT2D eigenvalue weighted by atomic mass is 10.2. The van der Waals surface area contributed by atoms with Crippen molar-refractivity contribution in [2.45, 2.75) is 11.8 Å². The number of nitrogens with zero attached hydrogens (tertiary/aromatic N) is 2. The monoisotopic (exact) mass is 378 g/mol. The molecule has 0 bridgehead atoms. The molecule has 0 atom stereocenters. The third-order valence-electron chi connectivity index (χ3n) is 4.35. The molecule has 2 aromatic rings. The zero-order valence-electron chi connectivity index (χ0n) is 14.1. The van der Waals surface area contributed by atoms with Crippen molar-refractivity contribution in [2.24, 2.45) is 0 Å². The summed E-state index contributed by atoms with van der Waals surface area (Å²) in [7, 11) is -3.73. The van der Waals surface area contributed by atoms with E-state index in [4.69, 9.17) is 9.52 Å². The number of carboxylic acid groups (broad SMARTS) is 1. The molecule has 0 spiro atoms. The summed E-state index contributed by atoms with van der Waals surface area (Å²) in [5, 5.41) is 8.90. The van der Waals surface area contributed by atoms with Gasteiger partial charge < -0.3 is 14.4 Å². The minimum atomic E-state index is -3.73. The number of aromatic carboxylic acids is 1. The number of furan rings is 1. The minimum Gasteiger partial charge on any atom is -0.478 e. The molecule has 2 heterocycles. The lowest BCUT2D eigenvalue weighted by Gasteiger charge is -2.34. The van der Waals surface area contributed by atoms with Gasteiger partial charge in [-0.15, -0.1) is 0 Å². The quantitative estimate of drug-likeness (QED) is 0.862. The van der Waals surface area contributed by atoms with E-state index in [1.807, 2.05) is 0 Å². The molecule has 138 valence electrons. The summed E-state index contributed by atoms with van der Waals surface area (Å²) in [5.74, 6) is -0.765. The van der Waals surface area contributed by atoms with Gasteiger partial charge in [-0.3, -0.25) is 4.79 Å². The van der Waals surface area contributed by atoms with E-state index in [1.165, 1.54) is 34.8 Å². The maximum absolute atomic E-state index is 12.7. The van der Waals surface area contributed by atoms with Crippen LogP contribution in [-0.2, 0) is 10.0 Å². The molecule has 26 heavy (non-hydrogen) atoms. The summed E-state index contributed by atoms with van der Waals surface area (Å²) in [6.45, 7) is 2.60. The van der Waals surface area contributed by atoms with Gasteiger partial charge in [-0.05, 0) is 37.3 Å². The number of amides is 1. The molecule has 1 fully saturated rings. The molecular weight excluding hydrogens is 360 g/mol. The SMILES string of the molecule is Cc1occc1C(=O)N1CCN(S(=O)(=O)c2ccc(C(=O)O)cc2)CC1. The van der Waals surface area contributed by atoms with Crippen LogP contribution in [0.15, 0.2) is 45.9 Å². The predicted molar refractivity (Wildman–Crippen MR) is 91.5 cm³/mol. The fourth-order valence-corrected chi connectivity index (χ4v) is 4.25. The molecule has 1 aliphatic heterocycles. The second-order valence-corrected chi connectivity index (χ2v) is 7.85. The Kier molecular flexibility index (Phi) is 4.84. The van der Waals surface area contributed by atoms with Crippen LogP contribution in [0.3, 0.4) is 0 Å². The molecule has 1 amide bonds. The second kappa shape index (κ2) is 6.93. The molecule has 1 saturated heterocycles. The van der Waals surface area contributed by atoms with Gasteiger partial charge in [0.1, 0.15) is 5.76 Å². The topological polar surface area (TPSA) is 108 Å². The van der Waals surface area contributed by atoms with Gasteiger partial charge in [0.15, 0.2) is 0 Å². The van der Waals surface area contributed by atoms with E-state index in [9.17, 15) is 18.0 Å². The Morgan fingerprint density at radius 3 is 2.15 bits per heavy atom. The molecule has 8 nitrogen and oxygen atoms in total. The number of sulfonamides is 1. The number of piperazine rings is 1. The highest BCUT2D eigenvalue weighted by atomic mass is 32.2. The van der Waals surface area contributed by atoms with Crippen molar-refractivity contribution in [3.63, 3.8) is 0 Å². The van der Waals surface area contributed by atoms with Crippen molar-refractivity contribution >= 4 is 21.9 Å². The second-order valence-electron chi connectivity index (χ2n) is 5.92. The standard InChI is InChI=1S/C17H18N2O6S/c1-12-15(6-11-25-12)16(20)18-7-9-19(10-8-18)26(23,24)14-4-2-13(3-5-14)17(21)22/h2-6,11H,7-10H2,1H3,(H,21,22). The number of carbonyl (C=O) groups excluding carboxylic acids is 1. The molecular formula is C17H18N2O6S. The van der Waals surface area contributed by atoms with Crippen LogP contribution >= 0.6 is 0 Å². The van der Waals surface area contributed by atoms with Crippen LogP contribution < -0.4 is 0 Å². The van der Waals surface area contributed by atoms with Crippen LogP contribution in [0.4, 0.5) is 0 Å². The normalized spacial score (nSPS) is 15.8. The van der Waals surface area contributed by atoms with E-state index in [2.05, 4.69) is 0 Å². The summed E-state index contributed by atoms with van der Waals surface area (Å²) < 4.78 is 31.8. The fourth-order valence-electron chi connectivity index (χ4n) is 2.83. The third kappa shape index (κ3) is 3.35. The van der Waals surface area contributed by atoms with E-state index >= 15 is 0 Å². The number of aryl methyl sites for hydroxylation is 1. The summed E-state index contributed by atoms with van der Waals surface area (Å²) in [6, 6.07) is 6.69. The predicted octanol–water partition coefficient (Wildman–Crippen LogP) is 1.43. The van der Waals surface area contributed by atoms with Crippen molar-refractivity contribution in [3.05, 3.63) is 53.5 Å². The van der Waals surface area contributed by atoms with Gasteiger partial charge in [-0.2, -0.15) is 4.31 Å². The molecule has 1 aliphatic rings. The van der Waals surface area contributed by atoms with Gasteiger partial charge >= 0.3 is 5.97 Å². The highest BCUT2D eigenvalue weighted by Crippen LogP contribution is 2.20. The van der Waals surface area contributed by atoms with Gasteiger partial charge in [0.05, 0.1) is 22.3 Å². The summed E-state index contributed by atoms with van der Waals surface area (Å²) in [5.41, 5.74) is 0.500. The first-order chi connectivity index (χ1) is 12.3. The van der Waals surface area contributed by atoms with E-state index in [0.717, 1.165) is 0 Å². The van der Waals surface area contributed by atoms with Crippen LogP contribution in [0.25, 0.3) is 0 Å². The zero-order valence-corrected chi connectivity index (χ0v) is 14.9. The average molecular weight is 378 g/mol. The number of benzene rings is 1. The van der Waals surface area contributed by atoms with Crippen LogP contribution in [0, 0.1) is 6.92 Å². The van der Waals surface area contributed by atoms with Crippen LogP contribution in [-0.4, -0.2) is 60.8 Å². The molecule has 0 radical (unpaired) electrons. The Hall–Kier alpha value is -2.65. The Morgan fingerprint density at radius 2 is 1.65 bits per heavy atom. The Balaban J connectivity index is 1.69. The van der Waals surface area contributed by atoms with Gasteiger partial charge in [-0.1, -0.05) is 0 Å². The zero-order chi connectivity index (χ0) is 18.9. The van der Waals surface area contributed by atoms with Crippen molar-refractivity contribution in [1.29, 1.82) is 0 Å². The van der Waals surface area contributed by atoms with E-state index < -0.39 is 16.0 Å². The summed E-state index contributed by atoms with van der Waals surface area (Å²) in [4.78, 5) is 25.0. The highest BCUT2D eigenvalue weighted by molar-refractivity contribution is 7.89. The van der Waals surface area contributed by atoms with E-state index in [0.29, 0.717) is 11.3 Å². The lowest BCUT2D eigenvalue weighted by molar-refractivity contribution is 0.0689. The van der Waals surface area contributed by atoms with E-state index in [-0.39, 0.29) is 42.5 Å². The van der Waals surface area contributed by atoms with Gasteiger partial charge in [0.2, 0.25) is 10.0 Å². The average Bonchev–Trinajstić information content (AvgIpc) is 3.07. The van der Waals surface area contributed by atoms with Crippen molar-refractivity contribution in [1.82, 2.24) is 9.21 Å². The summed E-state index contributed by atoms with van der Waals surface area (Å²) in [6.07, 6.45) is 1.45. The number of rotatable bonds is 4. The van der Waals surface area contributed by atoms with Crippen molar-refractivity contribution in [3.8, 4) is 0 Å². The maximum Gasteiger partial charge on any atom is 0.335 e. The molecule has 0 unspecified atom stereocenters. The Labute approximate surface area is 150 Å². The third-order valence-corrected chi connectivity index (χ3v) is 6.27. The lowest BCUT2D eigenvalue weighted by Crippen LogP contribution is -2.50. The first-order valence-electron chi connectivity index (χ1n) is 7.97. The van der Waals surface area contributed by atoms with Crippen LogP contribution in [0.2, 0.25) is 0 Å². The van der Waals surface area contributed by atoms with Gasteiger partial charge in [0.25, 0.3) is 5.91 Å². The molecule has 1 aromatic carbocycles. The smallest absolute Gasteiger partial charge is 0.335 e. The molecule has 0 saturated carbocycles. The van der Waals surface area contributed by atoms with Crippen molar-refractivity contribution < 1.29 is 27.5 Å². The van der Waals surface area contributed by atoms with Gasteiger partial charge in [0, 0.05) is 26.2 Å². The van der Waals surface area contributed by atoms with Crippen LogP contribution in [0.1, 0.15) is 26.5 Å². The first-order valence-corrected chi connectivity index (χ1v) is 9.41. The maximum atomic E-state index is 12.7. The largest absolute Gasteiger partial charge is 0.478 e. The number of hydrogen-bond donors (Lipinski definition) is 1. The summed E-state index contributed by atoms with van der Waals surface area (Å²) >= 11 is 0. The van der Waals surface area contributed by atoms with Crippen LogP contribution in [0.5, 0.6) is 0 Å². The Morgan fingerprint density at radius 1 is 1.04 bits per heavy atom.